The molecule has 0 saturated heterocycles. The van der Waals surface area contributed by atoms with E-state index in [4.69, 9.17) is 4.43 Å². The number of hydrogen-bond acceptors (Lipinski definition) is 1. The van der Waals surface area contributed by atoms with Crippen LogP contribution < -0.4 is 0 Å². The molecular formula is C23H46OSi. The first-order valence-electron chi connectivity index (χ1n) is 11.6. The van der Waals surface area contributed by atoms with Crippen LogP contribution >= 0.6 is 0 Å². The van der Waals surface area contributed by atoms with Crippen molar-refractivity contribution in [2.45, 2.75) is 124 Å². The van der Waals surface area contributed by atoms with Crippen LogP contribution in [-0.4, -0.2) is 14.4 Å². The molecule has 0 N–H and O–H groups in total. The average Bonchev–Trinajstić information content (AvgIpc) is 2.94. The highest BCUT2D eigenvalue weighted by Crippen LogP contribution is 2.58. The van der Waals surface area contributed by atoms with Crippen LogP contribution in [0.1, 0.15) is 99.3 Å². The first kappa shape index (κ1) is 21.5. The van der Waals surface area contributed by atoms with Crippen LogP contribution in [0.3, 0.4) is 0 Å². The molecule has 1 nitrogen and oxygen atoms in total. The largest absolute Gasteiger partial charge is 0.414 e. The summed E-state index contributed by atoms with van der Waals surface area (Å²) >= 11 is 0. The zero-order valence-electron chi connectivity index (χ0n) is 18.2. The third kappa shape index (κ3) is 4.92. The molecule has 2 aliphatic carbocycles. The minimum atomic E-state index is -1.46. The fraction of sp³-hybridized carbons (Fsp3) is 1.00. The molecule has 2 fully saturated rings. The summed E-state index contributed by atoms with van der Waals surface area (Å²) in [6.45, 7) is 14.5. The fourth-order valence-corrected chi connectivity index (χ4v) is 9.03. The molecule has 2 saturated carbocycles. The van der Waals surface area contributed by atoms with Gasteiger partial charge in [0.25, 0.3) is 0 Å². The predicted molar refractivity (Wildman–Crippen MR) is 114 cm³/mol. The Bertz CT molecular complexity index is 381. The van der Waals surface area contributed by atoms with Crippen molar-refractivity contribution < 1.29 is 4.43 Å². The SMILES string of the molecule is CC[Si](CC)(CC)O[C@H]1CCC[C@]2(C)[C@@H](CCCCC(C)C)CC[C@@H]12. The van der Waals surface area contributed by atoms with E-state index in [1.165, 1.54) is 75.9 Å². The van der Waals surface area contributed by atoms with Gasteiger partial charge in [0, 0.05) is 6.10 Å². The molecule has 0 bridgehead atoms. The lowest BCUT2D eigenvalue weighted by Gasteiger charge is -2.48. The zero-order valence-corrected chi connectivity index (χ0v) is 19.2. The van der Waals surface area contributed by atoms with Gasteiger partial charge in [-0.2, -0.15) is 0 Å². The van der Waals surface area contributed by atoms with Crippen LogP contribution in [0.25, 0.3) is 0 Å². The molecule has 0 heterocycles. The van der Waals surface area contributed by atoms with Crippen LogP contribution in [0.15, 0.2) is 0 Å². The minimum absolute atomic E-state index is 0.579. The summed E-state index contributed by atoms with van der Waals surface area (Å²) in [6, 6.07) is 3.91. The third-order valence-corrected chi connectivity index (χ3v) is 12.8. The zero-order chi connectivity index (χ0) is 18.5. The molecule has 4 atom stereocenters. The lowest BCUT2D eigenvalue weighted by Crippen LogP contribution is -2.48. The molecule has 25 heavy (non-hydrogen) atoms. The van der Waals surface area contributed by atoms with Gasteiger partial charge in [-0.05, 0) is 73.4 Å². The fourth-order valence-electron chi connectivity index (χ4n) is 6.11. The molecule has 0 unspecified atom stereocenters. The van der Waals surface area contributed by atoms with Crippen molar-refractivity contribution in [3.8, 4) is 0 Å². The highest BCUT2D eigenvalue weighted by atomic mass is 28.4. The molecule has 0 spiro atoms. The third-order valence-electron chi connectivity index (χ3n) is 8.18. The van der Waals surface area contributed by atoms with E-state index in [2.05, 4.69) is 41.5 Å². The van der Waals surface area contributed by atoms with Crippen molar-refractivity contribution in [1.82, 2.24) is 0 Å². The molecule has 2 heteroatoms. The maximum atomic E-state index is 7.05. The lowest BCUT2D eigenvalue weighted by molar-refractivity contribution is -0.0105. The Morgan fingerprint density at radius 3 is 2.28 bits per heavy atom. The Balaban J connectivity index is 1.97. The monoisotopic (exact) mass is 366 g/mol. The Kier molecular flexibility index (Phi) is 8.07. The van der Waals surface area contributed by atoms with Crippen molar-refractivity contribution in [2.75, 3.05) is 0 Å². The highest BCUT2D eigenvalue weighted by Gasteiger charge is 2.52. The lowest BCUT2D eigenvalue weighted by atomic mass is 9.63. The van der Waals surface area contributed by atoms with Crippen molar-refractivity contribution in [3.63, 3.8) is 0 Å². The standard InChI is InChI=1S/C23H46OSi/c1-7-25(8-2,9-3)24-22-15-12-18-23(6)20(16-17-21(22)23)14-11-10-13-19(4)5/h19-22H,7-18H2,1-6H3/t20-,21-,22-,23+/m0/s1. The van der Waals surface area contributed by atoms with Gasteiger partial charge < -0.3 is 4.43 Å². The van der Waals surface area contributed by atoms with Gasteiger partial charge in [0.05, 0.1) is 0 Å². The first-order valence-corrected chi connectivity index (χ1v) is 14.1. The molecule has 0 amide bonds. The predicted octanol–water partition coefficient (Wildman–Crippen LogP) is 7.81. The molecule has 0 aromatic rings. The Labute approximate surface area is 159 Å². The van der Waals surface area contributed by atoms with Gasteiger partial charge in [-0.25, -0.2) is 0 Å². The molecule has 2 aliphatic rings. The van der Waals surface area contributed by atoms with Crippen molar-refractivity contribution in [2.24, 2.45) is 23.2 Å². The summed E-state index contributed by atoms with van der Waals surface area (Å²) in [5.41, 5.74) is 0.579. The van der Waals surface area contributed by atoms with Crippen LogP contribution in [0.2, 0.25) is 18.1 Å². The molecule has 0 aliphatic heterocycles. The summed E-state index contributed by atoms with van der Waals surface area (Å²) in [6.07, 6.45) is 13.5. The Morgan fingerprint density at radius 2 is 1.68 bits per heavy atom. The molecule has 0 radical (unpaired) electrons. The highest BCUT2D eigenvalue weighted by molar-refractivity contribution is 6.73. The molecule has 0 aromatic heterocycles. The van der Waals surface area contributed by atoms with E-state index in [0.717, 1.165) is 17.8 Å². The number of unbranched alkanes of at least 4 members (excludes halogenated alkanes) is 1. The van der Waals surface area contributed by atoms with Gasteiger partial charge in [-0.15, -0.1) is 0 Å². The summed E-state index contributed by atoms with van der Waals surface area (Å²) in [5.74, 6) is 2.69. The van der Waals surface area contributed by atoms with Crippen LogP contribution in [0.4, 0.5) is 0 Å². The van der Waals surface area contributed by atoms with Crippen LogP contribution in [0.5, 0.6) is 0 Å². The maximum Gasteiger partial charge on any atom is 0.192 e. The van der Waals surface area contributed by atoms with E-state index in [1.54, 1.807) is 0 Å². The van der Waals surface area contributed by atoms with Crippen molar-refractivity contribution in [3.05, 3.63) is 0 Å². The summed E-state index contributed by atoms with van der Waals surface area (Å²) in [5, 5.41) is 0. The van der Waals surface area contributed by atoms with E-state index in [9.17, 15) is 0 Å². The molecule has 0 aromatic carbocycles. The Morgan fingerprint density at radius 1 is 1.00 bits per heavy atom. The van der Waals surface area contributed by atoms with Gasteiger partial charge in [0.15, 0.2) is 8.32 Å². The molecule has 148 valence electrons. The van der Waals surface area contributed by atoms with E-state index >= 15 is 0 Å². The maximum absolute atomic E-state index is 7.05. The van der Waals surface area contributed by atoms with Gasteiger partial charge in [0.1, 0.15) is 0 Å². The average molecular weight is 367 g/mol. The van der Waals surface area contributed by atoms with Crippen molar-refractivity contribution in [1.29, 1.82) is 0 Å². The summed E-state index contributed by atoms with van der Waals surface area (Å²) in [7, 11) is -1.46. The van der Waals surface area contributed by atoms with Crippen LogP contribution in [0, 0.1) is 23.2 Å². The minimum Gasteiger partial charge on any atom is -0.414 e. The summed E-state index contributed by atoms with van der Waals surface area (Å²) < 4.78 is 7.05. The molecule has 2 rings (SSSR count). The van der Waals surface area contributed by atoms with E-state index in [0.29, 0.717) is 11.5 Å². The number of rotatable bonds is 10. The second-order valence-corrected chi connectivity index (χ2v) is 14.6. The van der Waals surface area contributed by atoms with Gasteiger partial charge in [0.2, 0.25) is 0 Å². The van der Waals surface area contributed by atoms with Crippen molar-refractivity contribution >= 4 is 8.32 Å². The van der Waals surface area contributed by atoms with E-state index < -0.39 is 8.32 Å². The molecular weight excluding hydrogens is 320 g/mol. The topological polar surface area (TPSA) is 9.23 Å². The quantitative estimate of drug-likeness (QED) is 0.283. The van der Waals surface area contributed by atoms with E-state index in [1.807, 2.05) is 0 Å². The van der Waals surface area contributed by atoms with Gasteiger partial charge >= 0.3 is 0 Å². The number of fused-ring (bicyclic) bond motifs is 1. The second kappa shape index (κ2) is 9.40. The van der Waals surface area contributed by atoms with Crippen LogP contribution in [-0.2, 0) is 4.43 Å². The smallest absolute Gasteiger partial charge is 0.192 e. The summed E-state index contributed by atoms with van der Waals surface area (Å²) in [4.78, 5) is 0. The van der Waals surface area contributed by atoms with E-state index in [-0.39, 0.29) is 0 Å². The van der Waals surface area contributed by atoms with Gasteiger partial charge in [-0.1, -0.05) is 67.2 Å². The number of hydrogen-bond donors (Lipinski definition) is 0. The first-order chi connectivity index (χ1) is 11.9. The second-order valence-electron chi connectivity index (χ2n) is 9.86. The van der Waals surface area contributed by atoms with Gasteiger partial charge in [-0.3, -0.25) is 0 Å². The Hall–Kier alpha value is 0.177. The normalized spacial score (nSPS) is 33.0.